The summed E-state index contributed by atoms with van der Waals surface area (Å²) in [7, 11) is -3.46. The van der Waals surface area contributed by atoms with Gasteiger partial charge in [0.15, 0.2) is 6.10 Å². The van der Waals surface area contributed by atoms with Crippen molar-refractivity contribution in [3.05, 3.63) is 58.1 Å². The molecule has 1 N–H and O–H groups in total. The van der Waals surface area contributed by atoms with E-state index in [0.717, 1.165) is 24.8 Å². The van der Waals surface area contributed by atoms with E-state index in [1.54, 1.807) is 49.4 Å². The quantitative estimate of drug-likeness (QED) is 0.655. The topological polar surface area (TPSA) is 75.7 Å². The Kier molecular flexibility index (Phi) is 7.63. The summed E-state index contributed by atoms with van der Waals surface area (Å²) in [6, 6.07) is 11.4. The Morgan fingerprint density at radius 1 is 1.07 bits per heavy atom. The second-order valence-corrected chi connectivity index (χ2v) is 9.91. The molecule has 1 amide bonds. The van der Waals surface area contributed by atoms with E-state index in [1.807, 2.05) is 0 Å². The van der Waals surface area contributed by atoms with Crippen LogP contribution in [0.3, 0.4) is 0 Å². The van der Waals surface area contributed by atoms with Crippen LogP contribution >= 0.6 is 23.2 Å². The first-order valence-electron chi connectivity index (χ1n) is 9.76. The fourth-order valence-electron chi connectivity index (χ4n) is 3.17. The minimum Gasteiger partial charge on any atom is -0.481 e. The molecule has 0 spiro atoms. The van der Waals surface area contributed by atoms with Gasteiger partial charge in [0.1, 0.15) is 5.75 Å². The van der Waals surface area contributed by atoms with Crippen LogP contribution in [-0.4, -0.2) is 37.8 Å². The van der Waals surface area contributed by atoms with Crippen LogP contribution in [0.4, 0.5) is 0 Å². The highest BCUT2D eigenvalue weighted by Crippen LogP contribution is 2.27. The summed E-state index contributed by atoms with van der Waals surface area (Å²) in [6.07, 6.45) is 2.12. The number of carbonyl (C=O) groups is 1. The van der Waals surface area contributed by atoms with E-state index in [-0.39, 0.29) is 17.3 Å². The predicted octanol–water partition coefficient (Wildman–Crippen LogP) is 4.25. The summed E-state index contributed by atoms with van der Waals surface area (Å²) in [5.41, 5.74) is 0.794. The van der Waals surface area contributed by atoms with Crippen molar-refractivity contribution in [2.24, 2.45) is 0 Å². The number of sulfonamides is 1. The molecule has 2 aromatic carbocycles. The number of nitrogens with one attached hydrogen (secondary N) is 1. The lowest BCUT2D eigenvalue weighted by Gasteiger charge is -2.25. The van der Waals surface area contributed by atoms with Crippen molar-refractivity contribution in [1.29, 1.82) is 0 Å². The van der Waals surface area contributed by atoms with Gasteiger partial charge < -0.3 is 10.1 Å². The molecule has 1 unspecified atom stereocenters. The molecule has 0 aromatic heterocycles. The van der Waals surface area contributed by atoms with E-state index >= 15 is 0 Å². The SMILES string of the molecule is CC(Oc1ccc(Cl)c(Cl)c1)C(=O)NCc1ccc(S(=O)(=O)N2CCCCC2)cc1. The third-order valence-electron chi connectivity index (χ3n) is 4.92. The summed E-state index contributed by atoms with van der Waals surface area (Å²) in [5, 5.41) is 3.54. The molecule has 1 atom stereocenters. The van der Waals surface area contributed by atoms with Crippen LogP contribution in [0.1, 0.15) is 31.7 Å². The zero-order chi connectivity index (χ0) is 21.7. The minimum absolute atomic E-state index is 0.262. The fraction of sp³-hybridized carbons (Fsp3) is 0.381. The molecule has 0 saturated carbocycles. The van der Waals surface area contributed by atoms with E-state index in [2.05, 4.69) is 5.32 Å². The van der Waals surface area contributed by atoms with Crippen molar-refractivity contribution < 1.29 is 17.9 Å². The van der Waals surface area contributed by atoms with Gasteiger partial charge in [0.25, 0.3) is 5.91 Å². The maximum absolute atomic E-state index is 12.7. The Hall–Kier alpha value is -1.80. The van der Waals surface area contributed by atoms with Gasteiger partial charge in [-0.25, -0.2) is 8.42 Å². The molecule has 0 radical (unpaired) electrons. The van der Waals surface area contributed by atoms with Crippen LogP contribution in [-0.2, 0) is 21.4 Å². The van der Waals surface area contributed by atoms with Gasteiger partial charge >= 0.3 is 0 Å². The smallest absolute Gasteiger partial charge is 0.261 e. The molecule has 3 rings (SSSR count). The monoisotopic (exact) mass is 470 g/mol. The zero-order valence-corrected chi connectivity index (χ0v) is 18.9. The number of piperidine rings is 1. The molecule has 162 valence electrons. The normalized spacial score (nSPS) is 16.1. The molecule has 0 bridgehead atoms. The lowest BCUT2D eigenvalue weighted by atomic mass is 10.2. The lowest BCUT2D eigenvalue weighted by Crippen LogP contribution is -2.36. The molecule has 30 heavy (non-hydrogen) atoms. The van der Waals surface area contributed by atoms with Crippen molar-refractivity contribution >= 4 is 39.1 Å². The van der Waals surface area contributed by atoms with E-state index in [0.29, 0.717) is 28.9 Å². The number of benzene rings is 2. The highest BCUT2D eigenvalue weighted by molar-refractivity contribution is 7.89. The first-order valence-corrected chi connectivity index (χ1v) is 12.0. The van der Waals surface area contributed by atoms with Gasteiger partial charge in [0.05, 0.1) is 14.9 Å². The molecule has 1 fully saturated rings. The molecular formula is C21H24Cl2N2O4S. The van der Waals surface area contributed by atoms with Crippen molar-refractivity contribution in [1.82, 2.24) is 9.62 Å². The van der Waals surface area contributed by atoms with Gasteiger partial charge in [-0.1, -0.05) is 41.8 Å². The summed E-state index contributed by atoms with van der Waals surface area (Å²) in [4.78, 5) is 12.6. The van der Waals surface area contributed by atoms with E-state index in [4.69, 9.17) is 27.9 Å². The number of rotatable bonds is 7. The van der Waals surface area contributed by atoms with Crippen LogP contribution in [0.2, 0.25) is 10.0 Å². The largest absolute Gasteiger partial charge is 0.481 e. The molecular weight excluding hydrogens is 447 g/mol. The van der Waals surface area contributed by atoms with Gasteiger partial charge in [0.2, 0.25) is 10.0 Å². The molecule has 1 aliphatic rings. The lowest BCUT2D eigenvalue weighted by molar-refractivity contribution is -0.127. The van der Waals surface area contributed by atoms with Crippen molar-refractivity contribution in [3.63, 3.8) is 0 Å². The molecule has 9 heteroatoms. The highest BCUT2D eigenvalue weighted by Gasteiger charge is 2.25. The van der Waals surface area contributed by atoms with Crippen LogP contribution in [0.5, 0.6) is 5.75 Å². The van der Waals surface area contributed by atoms with Gasteiger partial charge in [-0.05, 0) is 49.6 Å². The number of nitrogens with zero attached hydrogens (tertiary/aromatic N) is 1. The maximum Gasteiger partial charge on any atom is 0.261 e. The third kappa shape index (κ3) is 5.66. The Labute approximate surface area is 187 Å². The van der Waals surface area contributed by atoms with E-state index in [9.17, 15) is 13.2 Å². The van der Waals surface area contributed by atoms with Gasteiger partial charge in [0, 0.05) is 25.7 Å². The number of hydrogen-bond acceptors (Lipinski definition) is 4. The van der Waals surface area contributed by atoms with Crippen LogP contribution in [0.25, 0.3) is 0 Å². The Bertz CT molecular complexity index is 991. The molecule has 2 aromatic rings. The molecule has 1 saturated heterocycles. The van der Waals surface area contributed by atoms with Gasteiger partial charge in [-0.15, -0.1) is 0 Å². The molecule has 1 heterocycles. The van der Waals surface area contributed by atoms with Gasteiger partial charge in [-0.2, -0.15) is 4.31 Å². The molecule has 1 aliphatic heterocycles. The zero-order valence-electron chi connectivity index (χ0n) is 16.6. The highest BCUT2D eigenvalue weighted by atomic mass is 35.5. The molecule has 0 aliphatic carbocycles. The van der Waals surface area contributed by atoms with Crippen molar-refractivity contribution in [2.75, 3.05) is 13.1 Å². The van der Waals surface area contributed by atoms with Crippen LogP contribution in [0.15, 0.2) is 47.4 Å². The van der Waals surface area contributed by atoms with Crippen LogP contribution in [0, 0.1) is 0 Å². The van der Waals surface area contributed by atoms with E-state index < -0.39 is 16.1 Å². The van der Waals surface area contributed by atoms with E-state index in [1.165, 1.54) is 4.31 Å². The molecule has 6 nitrogen and oxygen atoms in total. The Balaban J connectivity index is 1.55. The minimum atomic E-state index is -3.46. The summed E-state index contributed by atoms with van der Waals surface area (Å²) >= 11 is 11.8. The number of hydrogen-bond donors (Lipinski definition) is 1. The standard InChI is InChI=1S/C21H24Cl2N2O4S/c1-15(29-17-7-10-19(22)20(23)13-17)21(26)24-14-16-5-8-18(9-6-16)30(27,28)25-11-3-2-4-12-25/h5-10,13,15H,2-4,11-12,14H2,1H3,(H,24,26). The average Bonchev–Trinajstić information content (AvgIpc) is 2.75. The average molecular weight is 471 g/mol. The predicted molar refractivity (Wildman–Crippen MR) is 117 cm³/mol. The van der Waals surface area contributed by atoms with Crippen LogP contribution < -0.4 is 10.1 Å². The number of amides is 1. The first-order chi connectivity index (χ1) is 14.3. The third-order valence-corrected chi connectivity index (χ3v) is 7.57. The van der Waals surface area contributed by atoms with Crippen molar-refractivity contribution in [3.8, 4) is 5.75 Å². The number of halogens is 2. The Morgan fingerprint density at radius 3 is 2.37 bits per heavy atom. The van der Waals surface area contributed by atoms with Crippen molar-refractivity contribution in [2.45, 2.75) is 43.7 Å². The van der Waals surface area contributed by atoms with Gasteiger partial charge in [-0.3, -0.25) is 4.79 Å². The summed E-state index contributed by atoms with van der Waals surface area (Å²) in [6.45, 7) is 3.03. The summed E-state index contributed by atoms with van der Waals surface area (Å²) in [5.74, 6) is 0.144. The summed E-state index contributed by atoms with van der Waals surface area (Å²) < 4.78 is 32.5. The maximum atomic E-state index is 12.7. The number of ether oxygens (including phenoxy) is 1. The first kappa shape index (κ1) is 22.9. The fourth-order valence-corrected chi connectivity index (χ4v) is 4.98. The second kappa shape index (κ2) is 10.0. The number of carbonyl (C=O) groups excluding carboxylic acids is 1. The second-order valence-electron chi connectivity index (χ2n) is 7.16. The Morgan fingerprint density at radius 2 is 1.73 bits per heavy atom.